The molecule has 1 aliphatic carbocycles. The number of amides is 1. The van der Waals surface area contributed by atoms with Crippen LogP contribution >= 0.6 is 0 Å². The lowest BCUT2D eigenvalue weighted by atomic mass is 9.88. The summed E-state index contributed by atoms with van der Waals surface area (Å²) < 4.78 is 5.22. The number of ether oxygens (including phenoxy) is 1. The first kappa shape index (κ1) is 17.5. The number of hydrogen-bond acceptors (Lipinski definition) is 5. The number of carbonyl (C=O) groups is 2. The Morgan fingerprint density at radius 1 is 1.42 bits per heavy atom. The number of benzene rings is 1. The Morgan fingerprint density at radius 3 is 2.75 bits per heavy atom. The van der Waals surface area contributed by atoms with E-state index in [2.05, 4.69) is 15.3 Å². The molecule has 0 aromatic heterocycles. The first-order valence-electron chi connectivity index (χ1n) is 7.42. The summed E-state index contributed by atoms with van der Waals surface area (Å²) in [4.78, 5) is 26.1. The van der Waals surface area contributed by atoms with Gasteiger partial charge < -0.3 is 15.2 Å². The van der Waals surface area contributed by atoms with Crippen LogP contribution < -0.4 is 5.32 Å². The van der Waals surface area contributed by atoms with Crippen molar-refractivity contribution in [3.8, 4) is 0 Å². The maximum Gasteiger partial charge on any atom is 0.334 e. The third-order valence-electron chi connectivity index (χ3n) is 3.61. The van der Waals surface area contributed by atoms with Crippen molar-refractivity contribution in [3.05, 3.63) is 58.0 Å². The van der Waals surface area contributed by atoms with Gasteiger partial charge in [-0.3, -0.25) is 4.79 Å². The van der Waals surface area contributed by atoms with E-state index in [0.717, 1.165) is 5.56 Å². The number of nitrogens with one attached hydrogen (secondary N) is 1. The van der Waals surface area contributed by atoms with Crippen molar-refractivity contribution in [1.82, 2.24) is 5.32 Å². The van der Waals surface area contributed by atoms with Crippen LogP contribution in [0.15, 0.2) is 47.1 Å². The smallest absolute Gasteiger partial charge is 0.334 e. The van der Waals surface area contributed by atoms with Gasteiger partial charge in [-0.25, -0.2) is 4.79 Å². The van der Waals surface area contributed by atoms with Crippen molar-refractivity contribution in [2.24, 2.45) is 5.11 Å². The summed E-state index contributed by atoms with van der Waals surface area (Å²) in [6.07, 6.45) is 0.393. The quantitative estimate of drug-likeness (QED) is 0.368. The molecule has 1 aliphatic rings. The van der Waals surface area contributed by atoms with Gasteiger partial charge in [-0.05, 0) is 11.1 Å². The molecule has 1 aromatic carbocycles. The zero-order valence-corrected chi connectivity index (χ0v) is 13.1. The fourth-order valence-electron chi connectivity index (χ4n) is 2.51. The number of carbonyl (C=O) groups excluding carboxylic acids is 2. The minimum absolute atomic E-state index is 0.00994. The van der Waals surface area contributed by atoms with E-state index in [4.69, 9.17) is 10.3 Å². The third kappa shape index (κ3) is 4.58. The van der Waals surface area contributed by atoms with Crippen LogP contribution in [0.1, 0.15) is 18.9 Å². The maximum absolute atomic E-state index is 12.2. The highest BCUT2D eigenvalue weighted by Gasteiger charge is 2.34. The van der Waals surface area contributed by atoms with Gasteiger partial charge >= 0.3 is 5.97 Å². The Bertz CT molecular complexity index is 683. The number of esters is 1. The summed E-state index contributed by atoms with van der Waals surface area (Å²) in [6, 6.07) is 7.55. The van der Waals surface area contributed by atoms with Gasteiger partial charge in [0.1, 0.15) is 6.61 Å². The highest BCUT2D eigenvalue weighted by Crippen LogP contribution is 2.23. The summed E-state index contributed by atoms with van der Waals surface area (Å²) in [6.45, 7) is 1.40. The van der Waals surface area contributed by atoms with Crippen molar-refractivity contribution < 1.29 is 19.4 Å². The SMILES string of the molecule is CC(=O)N[C@H]1[C@H](O)CC(C(=O)OCc2ccccc2)=C[C@@H]1N=[N+]=[N-]. The highest BCUT2D eigenvalue weighted by molar-refractivity contribution is 5.89. The molecule has 2 rings (SSSR count). The molecule has 126 valence electrons. The molecule has 0 bridgehead atoms. The van der Waals surface area contributed by atoms with E-state index >= 15 is 0 Å². The summed E-state index contributed by atoms with van der Waals surface area (Å²) in [5, 5.41) is 16.2. The van der Waals surface area contributed by atoms with Crippen LogP contribution in [-0.4, -0.2) is 35.2 Å². The predicted octanol–water partition coefficient (Wildman–Crippen LogP) is 1.60. The average Bonchev–Trinajstić information content (AvgIpc) is 2.56. The van der Waals surface area contributed by atoms with Crippen molar-refractivity contribution in [2.45, 2.75) is 38.1 Å². The second kappa shape index (κ2) is 8.14. The van der Waals surface area contributed by atoms with Crippen LogP contribution in [0.3, 0.4) is 0 Å². The Hall–Kier alpha value is -2.83. The monoisotopic (exact) mass is 330 g/mol. The van der Waals surface area contributed by atoms with E-state index in [-0.39, 0.29) is 24.5 Å². The lowest BCUT2D eigenvalue weighted by Gasteiger charge is -2.31. The molecule has 1 amide bonds. The molecule has 1 aromatic rings. The van der Waals surface area contributed by atoms with Gasteiger partial charge in [-0.2, -0.15) is 0 Å². The maximum atomic E-state index is 12.2. The van der Waals surface area contributed by atoms with E-state index < -0.39 is 24.2 Å². The summed E-state index contributed by atoms with van der Waals surface area (Å²) >= 11 is 0. The van der Waals surface area contributed by atoms with Crippen molar-refractivity contribution in [3.63, 3.8) is 0 Å². The van der Waals surface area contributed by atoms with E-state index in [0.29, 0.717) is 0 Å². The fourth-order valence-corrected chi connectivity index (χ4v) is 2.51. The van der Waals surface area contributed by atoms with Gasteiger partial charge in [0.15, 0.2) is 0 Å². The zero-order chi connectivity index (χ0) is 17.5. The minimum Gasteiger partial charge on any atom is -0.457 e. The van der Waals surface area contributed by atoms with Gasteiger partial charge in [0.05, 0.1) is 18.2 Å². The largest absolute Gasteiger partial charge is 0.457 e. The lowest BCUT2D eigenvalue weighted by molar-refractivity contribution is -0.141. The number of rotatable bonds is 5. The second-order valence-corrected chi connectivity index (χ2v) is 5.45. The van der Waals surface area contributed by atoms with Crippen LogP contribution in [0, 0.1) is 0 Å². The Kier molecular flexibility index (Phi) is 5.95. The van der Waals surface area contributed by atoms with E-state index in [9.17, 15) is 14.7 Å². The molecule has 2 N–H and O–H groups in total. The van der Waals surface area contributed by atoms with Gasteiger partial charge in [0, 0.05) is 23.8 Å². The van der Waals surface area contributed by atoms with Crippen LogP contribution in [-0.2, 0) is 20.9 Å². The van der Waals surface area contributed by atoms with Crippen LogP contribution in [0.2, 0.25) is 0 Å². The molecule has 0 heterocycles. The molecule has 8 heteroatoms. The van der Waals surface area contributed by atoms with Gasteiger partial charge in [0.2, 0.25) is 5.91 Å². The Labute approximate surface area is 138 Å². The zero-order valence-electron chi connectivity index (χ0n) is 13.1. The van der Waals surface area contributed by atoms with Gasteiger partial charge in [-0.1, -0.05) is 41.5 Å². The number of nitrogens with zero attached hydrogens (tertiary/aromatic N) is 3. The van der Waals surface area contributed by atoms with Crippen LogP contribution in [0.4, 0.5) is 0 Å². The van der Waals surface area contributed by atoms with Crippen molar-refractivity contribution >= 4 is 11.9 Å². The van der Waals surface area contributed by atoms with Crippen molar-refractivity contribution in [2.75, 3.05) is 0 Å². The summed E-state index contributed by atoms with van der Waals surface area (Å²) in [5.74, 6) is -0.946. The normalized spacial score (nSPS) is 22.8. The first-order chi connectivity index (χ1) is 11.5. The molecular formula is C16H18N4O4. The molecule has 3 atom stereocenters. The topological polar surface area (TPSA) is 124 Å². The first-order valence-corrected chi connectivity index (χ1v) is 7.42. The van der Waals surface area contributed by atoms with E-state index in [1.807, 2.05) is 30.3 Å². The van der Waals surface area contributed by atoms with Gasteiger partial charge in [0.25, 0.3) is 0 Å². The molecule has 0 unspecified atom stereocenters. The number of aliphatic hydroxyl groups is 1. The standard InChI is InChI=1S/C16H18N4O4/c1-10(21)18-15-13(19-20-17)7-12(8-14(15)22)16(23)24-9-11-5-3-2-4-6-11/h2-7,13-15,22H,8-9H2,1H3,(H,18,21)/t13-,14+,15+/m0/s1. The molecule has 0 fully saturated rings. The van der Waals surface area contributed by atoms with E-state index in [1.165, 1.54) is 13.0 Å². The molecule has 8 nitrogen and oxygen atoms in total. The number of hydrogen-bond donors (Lipinski definition) is 2. The average molecular weight is 330 g/mol. The molecule has 0 saturated heterocycles. The highest BCUT2D eigenvalue weighted by atomic mass is 16.5. The molecule has 0 spiro atoms. The summed E-state index contributed by atoms with van der Waals surface area (Å²) in [7, 11) is 0. The predicted molar refractivity (Wildman–Crippen MR) is 85.5 cm³/mol. The van der Waals surface area contributed by atoms with Gasteiger partial charge in [-0.15, -0.1) is 0 Å². The second-order valence-electron chi connectivity index (χ2n) is 5.45. The summed E-state index contributed by atoms with van der Waals surface area (Å²) in [5.41, 5.74) is 9.71. The molecule has 24 heavy (non-hydrogen) atoms. The third-order valence-corrected chi connectivity index (χ3v) is 3.61. The van der Waals surface area contributed by atoms with E-state index in [1.54, 1.807) is 0 Å². The Balaban J connectivity index is 2.09. The number of azide groups is 1. The Morgan fingerprint density at radius 2 is 2.12 bits per heavy atom. The van der Waals surface area contributed by atoms with Crippen LogP contribution in [0.5, 0.6) is 0 Å². The lowest BCUT2D eigenvalue weighted by Crippen LogP contribution is -2.51. The molecular weight excluding hydrogens is 312 g/mol. The molecule has 0 radical (unpaired) electrons. The molecule has 0 aliphatic heterocycles. The number of aliphatic hydroxyl groups excluding tert-OH is 1. The van der Waals surface area contributed by atoms with Crippen LogP contribution in [0.25, 0.3) is 10.4 Å². The fraction of sp³-hybridized carbons (Fsp3) is 0.375. The molecule has 0 saturated carbocycles. The van der Waals surface area contributed by atoms with Crippen molar-refractivity contribution in [1.29, 1.82) is 0 Å². The minimum atomic E-state index is -1.05.